The van der Waals surface area contributed by atoms with Gasteiger partial charge in [-0.15, -0.1) is 0 Å². The van der Waals surface area contributed by atoms with Crippen LogP contribution in [0.3, 0.4) is 0 Å². The van der Waals surface area contributed by atoms with Crippen LogP contribution in [-0.4, -0.2) is 39.7 Å². The van der Waals surface area contributed by atoms with E-state index in [0.717, 1.165) is 0 Å². The molecule has 0 aliphatic rings. The number of carbonyl (C=O) groups excluding carboxylic acids is 1. The molecule has 0 spiro atoms. The van der Waals surface area contributed by atoms with E-state index in [1.807, 2.05) is 19.0 Å². The summed E-state index contributed by atoms with van der Waals surface area (Å²) in [6.07, 6.45) is 1.55. The lowest BCUT2D eigenvalue weighted by molar-refractivity contribution is 0.101. The highest BCUT2D eigenvalue weighted by atomic mass is 32.2. The van der Waals surface area contributed by atoms with E-state index in [9.17, 15) is 13.2 Å². The Hall–Kier alpha value is -1.96. The minimum Gasteiger partial charge on any atom is -0.468 e. The van der Waals surface area contributed by atoms with Crippen LogP contribution in [0.4, 0.5) is 0 Å². The zero-order valence-electron chi connectivity index (χ0n) is 13.3. The second-order valence-corrected chi connectivity index (χ2v) is 7.20. The van der Waals surface area contributed by atoms with Crippen molar-refractivity contribution < 1.29 is 17.6 Å². The van der Waals surface area contributed by atoms with Crippen molar-refractivity contribution in [3.05, 3.63) is 54.0 Å². The van der Waals surface area contributed by atoms with Crippen LogP contribution in [0.1, 0.15) is 29.1 Å². The second kappa shape index (κ2) is 7.08. The van der Waals surface area contributed by atoms with Crippen LogP contribution in [0.2, 0.25) is 0 Å². The summed E-state index contributed by atoms with van der Waals surface area (Å²) in [7, 11) is -0.0163. The van der Waals surface area contributed by atoms with Crippen molar-refractivity contribution in [1.29, 1.82) is 0 Å². The van der Waals surface area contributed by atoms with Crippen LogP contribution in [0.25, 0.3) is 0 Å². The molecule has 1 aromatic heterocycles. The van der Waals surface area contributed by atoms with Gasteiger partial charge < -0.3 is 4.42 Å². The summed E-state index contributed by atoms with van der Waals surface area (Å²) in [5.74, 6) is 0.499. The molecule has 7 heteroatoms. The maximum absolute atomic E-state index is 12.4. The molecular weight excluding hydrogens is 316 g/mol. The predicted octanol–water partition coefficient (Wildman–Crippen LogP) is 2.06. The lowest BCUT2D eigenvalue weighted by Crippen LogP contribution is -2.34. The summed E-state index contributed by atoms with van der Waals surface area (Å²) < 4.78 is 32.8. The topological polar surface area (TPSA) is 79.6 Å². The Morgan fingerprint density at radius 3 is 2.57 bits per heavy atom. The maximum atomic E-state index is 12.4. The first-order chi connectivity index (χ1) is 10.8. The van der Waals surface area contributed by atoms with E-state index in [1.54, 1.807) is 30.5 Å². The first-order valence-corrected chi connectivity index (χ1v) is 8.60. The Labute approximate surface area is 136 Å². The van der Waals surface area contributed by atoms with Crippen LogP contribution < -0.4 is 4.72 Å². The van der Waals surface area contributed by atoms with E-state index in [4.69, 9.17) is 4.42 Å². The number of nitrogens with zero attached hydrogens (tertiary/aromatic N) is 1. The fraction of sp³-hybridized carbons (Fsp3) is 0.312. The van der Waals surface area contributed by atoms with Crippen LogP contribution >= 0.6 is 0 Å². The third-order valence-electron chi connectivity index (χ3n) is 3.51. The number of likely N-dealkylation sites (N-methyl/N-ethyl adjacent to an activating group) is 1. The van der Waals surface area contributed by atoms with Gasteiger partial charge in [-0.05, 0) is 45.3 Å². The SMILES string of the molecule is CC(=O)c1cccc(S(=O)(=O)NC[C@H](c2ccco2)N(C)C)c1. The fourth-order valence-electron chi connectivity index (χ4n) is 2.17. The first kappa shape index (κ1) is 17.4. The zero-order chi connectivity index (χ0) is 17.0. The molecule has 0 saturated heterocycles. The number of furan rings is 1. The Morgan fingerprint density at radius 2 is 2.00 bits per heavy atom. The van der Waals surface area contributed by atoms with E-state index >= 15 is 0 Å². The standard InChI is InChI=1S/C16H20N2O4S/c1-12(19)13-6-4-7-14(10-13)23(20,21)17-11-15(18(2)3)16-8-5-9-22-16/h4-10,15,17H,11H2,1-3H3/t15-/m1/s1. The number of sulfonamides is 1. The highest BCUT2D eigenvalue weighted by molar-refractivity contribution is 7.89. The van der Waals surface area contributed by atoms with Gasteiger partial charge in [0.2, 0.25) is 10.0 Å². The highest BCUT2D eigenvalue weighted by Crippen LogP contribution is 2.19. The molecule has 1 heterocycles. The minimum atomic E-state index is -3.71. The molecule has 124 valence electrons. The maximum Gasteiger partial charge on any atom is 0.240 e. The monoisotopic (exact) mass is 336 g/mol. The van der Waals surface area contributed by atoms with Gasteiger partial charge in [0, 0.05) is 12.1 Å². The van der Waals surface area contributed by atoms with Gasteiger partial charge in [-0.25, -0.2) is 13.1 Å². The lowest BCUT2D eigenvalue weighted by atomic mass is 10.2. The number of benzene rings is 1. The van der Waals surface area contributed by atoms with Crippen molar-refractivity contribution in [3.8, 4) is 0 Å². The minimum absolute atomic E-state index is 0.0714. The molecule has 0 aliphatic heterocycles. The Kier molecular flexibility index (Phi) is 5.35. The first-order valence-electron chi connectivity index (χ1n) is 7.12. The lowest BCUT2D eigenvalue weighted by Gasteiger charge is -2.22. The Balaban J connectivity index is 2.18. The summed E-state index contributed by atoms with van der Waals surface area (Å²) in [6.45, 7) is 1.56. The molecule has 2 rings (SSSR count). The average Bonchev–Trinajstić information content (AvgIpc) is 3.01. The molecule has 0 fully saturated rings. The number of Topliss-reactive ketones (excluding diaryl/α,β-unsaturated/α-hetero) is 1. The fourth-order valence-corrected chi connectivity index (χ4v) is 3.26. The normalized spacial score (nSPS) is 13.2. The van der Waals surface area contributed by atoms with E-state index in [1.165, 1.54) is 19.1 Å². The van der Waals surface area contributed by atoms with Gasteiger partial charge in [0.15, 0.2) is 5.78 Å². The Bertz CT molecular complexity index is 767. The smallest absolute Gasteiger partial charge is 0.240 e. The van der Waals surface area contributed by atoms with Crippen molar-refractivity contribution in [2.45, 2.75) is 17.9 Å². The van der Waals surface area contributed by atoms with Crippen molar-refractivity contribution in [2.24, 2.45) is 0 Å². The third-order valence-corrected chi connectivity index (χ3v) is 4.93. The highest BCUT2D eigenvalue weighted by Gasteiger charge is 2.21. The van der Waals surface area contributed by atoms with Crippen molar-refractivity contribution in [2.75, 3.05) is 20.6 Å². The van der Waals surface area contributed by atoms with E-state index in [2.05, 4.69) is 4.72 Å². The molecule has 1 aromatic carbocycles. The van der Waals surface area contributed by atoms with Crippen LogP contribution in [-0.2, 0) is 10.0 Å². The molecule has 0 unspecified atom stereocenters. The van der Waals surface area contributed by atoms with Crippen molar-refractivity contribution in [1.82, 2.24) is 9.62 Å². The third kappa shape index (κ3) is 4.28. The number of rotatable bonds is 7. The number of hydrogen-bond acceptors (Lipinski definition) is 5. The molecule has 0 saturated carbocycles. The van der Waals surface area contributed by atoms with Gasteiger partial charge in [0.05, 0.1) is 17.2 Å². The quantitative estimate of drug-likeness (QED) is 0.783. The van der Waals surface area contributed by atoms with Gasteiger partial charge in [-0.3, -0.25) is 9.69 Å². The van der Waals surface area contributed by atoms with Crippen LogP contribution in [0.15, 0.2) is 52.0 Å². The number of nitrogens with one attached hydrogen (secondary N) is 1. The van der Waals surface area contributed by atoms with Gasteiger partial charge in [0.25, 0.3) is 0 Å². The summed E-state index contributed by atoms with van der Waals surface area (Å²) in [6, 6.07) is 9.32. The molecular formula is C16H20N2O4S. The van der Waals surface area contributed by atoms with Crippen molar-refractivity contribution in [3.63, 3.8) is 0 Å². The summed E-state index contributed by atoms with van der Waals surface area (Å²) in [5, 5.41) is 0. The molecule has 1 atom stereocenters. The van der Waals surface area contributed by atoms with Crippen LogP contribution in [0.5, 0.6) is 0 Å². The average molecular weight is 336 g/mol. The number of ketones is 1. The van der Waals surface area contributed by atoms with Gasteiger partial charge in [-0.2, -0.15) is 0 Å². The van der Waals surface area contributed by atoms with Gasteiger partial charge >= 0.3 is 0 Å². The van der Waals surface area contributed by atoms with Crippen LogP contribution in [0, 0.1) is 0 Å². The summed E-state index contributed by atoms with van der Waals surface area (Å²) >= 11 is 0. The molecule has 0 bridgehead atoms. The van der Waals surface area contributed by atoms with Gasteiger partial charge in [-0.1, -0.05) is 12.1 Å². The predicted molar refractivity (Wildman–Crippen MR) is 86.8 cm³/mol. The van der Waals surface area contributed by atoms with Gasteiger partial charge in [0.1, 0.15) is 5.76 Å². The molecule has 0 amide bonds. The molecule has 0 aliphatic carbocycles. The van der Waals surface area contributed by atoms with E-state index in [0.29, 0.717) is 11.3 Å². The molecule has 1 N–H and O–H groups in total. The molecule has 0 radical (unpaired) electrons. The summed E-state index contributed by atoms with van der Waals surface area (Å²) in [5.41, 5.74) is 0.364. The summed E-state index contributed by atoms with van der Waals surface area (Å²) in [4.78, 5) is 13.3. The Morgan fingerprint density at radius 1 is 1.26 bits per heavy atom. The molecule has 2 aromatic rings. The largest absolute Gasteiger partial charge is 0.468 e. The zero-order valence-corrected chi connectivity index (χ0v) is 14.1. The van der Waals surface area contributed by atoms with Crippen molar-refractivity contribution >= 4 is 15.8 Å². The molecule has 23 heavy (non-hydrogen) atoms. The van der Waals surface area contributed by atoms with E-state index < -0.39 is 10.0 Å². The number of hydrogen-bond donors (Lipinski definition) is 1. The molecule has 6 nitrogen and oxygen atoms in total. The van der Waals surface area contributed by atoms with E-state index in [-0.39, 0.29) is 23.3 Å². The number of carbonyl (C=O) groups is 1. The second-order valence-electron chi connectivity index (χ2n) is 5.43.